The van der Waals surface area contributed by atoms with Gasteiger partial charge in [-0.2, -0.15) is 5.10 Å². The average Bonchev–Trinajstić information content (AvgIpc) is 3.53. The Kier molecular flexibility index (Phi) is 12.6. The van der Waals surface area contributed by atoms with Crippen LogP contribution in [0.2, 0.25) is 0 Å². The van der Waals surface area contributed by atoms with Gasteiger partial charge in [0.05, 0.1) is 45.7 Å². The molecule has 0 spiro atoms. The van der Waals surface area contributed by atoms with E-state index in [1.54, 1.807) is 17.3 Å². The summed E-state index contributed by atoms with van der Waals surface area (Å²) in [6.07, 6.45) is 4.32. The second-order valence-electron chi connectivity index (χ2n) is 9.97. The zero-order valence-corrected chi connectivity index (χ0v) is 24.1. The summed E-state index contributed by atoms with van der Waals surface area (Å²) in [5, 5.41) is 19.5. The molecule has 3 N–H and O–H groups in total. The van der Waals surface area contributed by atoms with Gasteiger partial charge in [0, 0.05) is 50.9 Å². The molecule has 1 aromatic heterocycles. The maximum atomic E-state index is 13.3. The van der Waals surface area contributed by atoms with Crippen molar-refractivity contribution in [2.75, 3.05) is 70.7 Å². The second-order valence-corrected chi connectivity index (χ2v) is 9.97. The minimum Gasteiger partial charge on any atom is -0.465 e. The van der Waals surface area contributed by atoms with Gasteiger partial charge < -0.3 is 34.9 Å². The molecule has 232 valence electrons. The van der Waals surface area contributed by atoms with Crippen molar-refractivity contribution >= 4 is 30.1 Å². The van der Waals surface area contributed by atoms with E-state index in [0.29, 0.717) is 77.9 Å². The van der Waals surface area contributed by atoms with E-state index in [2.05, 4.69) is 25.7 Å². The molecule has 1 fully saturated rings. The highest BCUT2D eigenvalue weighted by molar-refractivity contribution is 5.92. The predicted molar refractivity (Wildman–Crippen MR) is 157 cm³/mol. The summed E-state index contributed by atoms with van der Waals surface area (Å²) >= 11 is 0. The van der Waals surface area contributed by atoms with Crippen molar-refractivity contribution in [2.45, 2.75) is 25.3 Å². The first kappa shape index (κ1) is 31.8. The summed E-state index contributed by atoms with van der Waals surface area (Å²) in [6, 6.07) is 11.5. The molecule has 1 atom stereocenters. The highest BCUT2D eigenvalue weighted by Crippen LogP contribution is 2.32. The fourth-order valence-electron chi connectivity index (χ4n) is 4.82. The molecule has 43 heavy (non-hydrogen) atoms. The van der Waals surface area contributed by atoms with Crippen LogP contribution in [-0.4, -0.2) is 110 Å². The third-order valence-corrected chi connectivity index (χ3v) is 7.04. The summed E-state index contributed by atoms with van der Waals surface area (Å²) < 4.78 is 16.1. The molecule has 0 bridgehead atoms. The highest BCUT2D eigenvalue weighted by Gasteiger charge is 2.35. The third kappa shape index (κ3) is 9.98. The van der Waals surface area contributed by atoms with Crippen LogP contribution < -0.4 is 15.5 Å². The zero-order valence-electron chi connectivity index (χ0n) is 24.1. The van der Waals surface area contributed by atoms with Gasteiger partial charge in [-0.05, 0) is 24.5 Å². The number of carboxylic acid groups (broad SMARTS) is 1. The van der Waals surface area contributed by atoms with Gasteiger partial charge in [-0.3, -0.25) is 9.59 Å². The van der Waals surface area contributed by atoms with E-state index in [-0.39, 0.29) is 42.6 Å². The number of hydrogen-bond acceptors (Lipinski definition) is 10. The molecule has 1 unspecified atom stereocenters. The molecule has 3 amide bonds. The van der Waals surface area contributed by atoms with E-state index >= 15 is 0 Å². The fourth-order valence-corrected chi connectivity index (χ4v) is 4.82. The molecule has 2 aromatic rings. The maximum absolute atomic E-state index is 13.3. The number of carbonyl (C=O) groups is 3. The number of hydrazone groups is 1. The molecule has 0 aliphatic carbocycles. The van der Waals surface area contributed by atoms with Crippen molar-refractivity contribution in [2.24, 2.45) is 11.0 Å². The summed E-state index contributed by atoms with van der Waals surface area (Å²) in [6.45, 7) is 3.84. The smallest absolute Gasteiger partial charge is 0.404 e. The average molecular weight is 598 g/mol. The number of ether oxygens (including phenoxy) is 3. The number of piperidine rings is 1. The number of anilines is 1. The number of benzene rings is 1. The quantitative estimate of drug-likeness (QED) is 0.242. The van der Waals surface area contributed by atoms with Crippen LogP contribution in [-0.2, 0) is 19.0 Å². The lowest BCUT2D eigenvalue weighted by Gasteiger charge is -2.33. The Morgan fingerprint density at radius 2 is 1.53 bits per heavy atom. The molecule has 0 radical (unpaired) electrons. The number of carbonyl (C=O) groups excluding carboxylic acids is 2. The number of rotatable bonds is 16. The minimum absolute atomic E-state index is 0.0434. The number of amides is 3. The number of aromatic nitrogens is 2. The van der Waals surface area contributed by atoms with Gasteiger partial charge in [0.15, 0.2) is 0 Å². The Labute approximate surface area is 250 Å². The zero-order chi connectivity index (χ0) is 30.3. The van der Waals surface area contributed by atoms with Crippen molar-refractivity contribution < 1.29 is 33.7 Å². The first-order valence-electron chi connectivity index (χ1n) is 14.5. The Balaban J connectivity index is 1.10. The molecule has 14 nitrogen and oxygen atoms in total. The molecule has 0 saturated carbocycles. The second kappa shape index (κ2) is 17.1. The van der Waals surface area contributed by atoms with E-state index in [1.165, 1.54) is 0 Å². The normalized spacial score (nSPS) is 16.8. The topological polar surface area (TPSA) is 168 Å². The van der Waals surface area contributed by atoms with Crippen LogP contribution in [0.1, 0.15) is 41.4 Å². The van der Waals surface area contributed by atoms with Crippen LogP contribution in [0.5, 0.6) is 0 Å². The van der Waals surface area contributed by atoms with Crippen molar-refractivity contribution in [1.82, 2.24) is 25.6 Å². The predicted octanol–water partition coefficient (Wildman–Crippen LogP) is 1.70. The van der Waals surface area contributed by atoms with Crippen molar-refractivity contribution in [3.63, 3.8) is 0 Å². The lowest BCUT2D eigenvalue weighted by molar-refractivity contribution is -0.138. The molecule has 3 heterocycles. The Bertz CT molecular complexity index is 1210. The molecule has 14 heteroatoms. The first-order chi connectivity index (χ1) is 21.0. The van der Waals surface area contributed by atoms with E-state index in [9.17, 15) is 14.4 Å². The highest BCUT2D eigenvalue weighted by atomic mass is 16.5. The molecule has 2 aliphatic rings. The number of nitrogens with one attached hydrogen (secondary N) is 2. The van der Waals surface area contributed by atoms with Gasteiger partial charge >= 0.3 is 6.09 Å². The van der Waals surface area contributed by atoms with Crippen molar-refractivity contribution in [3.8, 4) is 0 Å². The summed E-state index contributed by atoms with van der Waals surface area (Å²) in [7, 11) is 0. The summed E-state index contributed by atoms with van der Waals surface area (Å²) in [4.78, 5) is 47.1. The standard InChI is InChI=1S/C29H39N7O7/c37-26(30-12-16-41-18-20-43-21-19-42-17-13-32-29(39)40)24-6-10-31-28(34-24)35-14-8-23(9-15-35)27(38)36-25(7-11-33-36)22-4-2-1-3-5-22/h1-6,10-11,23,25,32H,7-9,12-21H2,(H,30,37)(H,39,40). The van der Waals surface area contributed by atoms with Crippen LogP contribution in [0.4, 0.5) is 10.7 Å². The largest absolute Gasteiger partial charge is 0.465 e. The van der Waals surface area contributed by atoms with E-state index in [1.807, 2.05) is 41.4 Å². The molecule has 4 rings (SSSR count). The van der Waals surface area contributed by atoms with Crippen LogP contribution in [0.3, 0.4) is 0 Å². The molecule has 2 aliphatic heterocycles. The minimum atomic E-state index is -1.08. The third-order valence-electron chi connectivity index (χ3n) is 7.04. The number of hydrogen-bond donors (Lipinski definition) is 3. The van der Waals surface area contributed by atoms with Gasteiger partial charge in [-0.1, -0.05) is 30.3 Å². The van der Waals surface area contributed by atoms with Gasteiger partial charge in [0.1, 0.15) is 5.69 Å². The van der Waals surface area contributed by atoms with Crippen LogP contribution in [0.25, 0.3) is 0 Å². The number of nitrogens with zero attached hydrogens (tertiary/aromatic N) is 5. The SMILES string of the molecule is O=C(O)NCCOCCOCCOCCNC(=O)c1ccnc(N2CCC(C(=O)N3N=CCC3c3ccccc3)CC2)n1. The van der Waals surface area contributed by atoms with Crippen molar-refractivity contribution in [3.05, 3.63) is 53.9 Å². The Hall–Kier alpha value is -4.14. The van der Waals surface area contributed by atoms with E-state index in [0.717, 1.165) is 5.56 Å². The first-order valence-corrected chi connectivity index (χ1v) is 14.5. The molecule has 1 saturated heterocycles. The monoisotopic (exact) mass is 597 g/mol. The van der Waals surface area contributed by atoms with Crippen molar-refractivity contribution in [1.29, 1.82) is 0 Å². The van der Waals surface area contributed by atoms with Gasteiger partial charge in [-0.15, -0.1) is 0 Å². The van der Waals surface area contributed by atoms with Crippen LogP contribution in [0, 0.1) is 5.92 Å². The lowest BCUT2D eigenvalue weighted by Crippen LogP contribution is -2.41. The summed E-state index contributed by atoms with van der Waals surface area (Å²) in [5.74, 6) is 0.0649. The molecule has 1 aromatic carbocycles. The van der Waals surface area contributed by atoms with E-state index in [4.69, 9.17) is 19.3 Å². The van der Waals surface area contributed by atoms with Gasteiger partial charge in [0.2, 0.25) is 11.9 Å². The fraction of sp³-hybridized carbons (Fsp3) is 0.517. The Morgan fingerprint density at radius 1 is 0.884 bits per heavy atom. The maximum Gasteiger partial charge on any atom is 0.404 e. The Morgan fingerprint density at radius 3 is 2.21 bits per heavy atom. The lowest BCUT2D eigenvalue weighted by atomic mass is 9.94. The van der Waals surface area contributed by atoms with E-state index < -0.39 is 6.09 Å². The summed E-state index contributed by atoms with van der Waals surface area (Å²) in [5.41, 5.74) is 1.35. The van der Waals surface area contributed by atoms with Gasteiger partial charge in [-0.25, -0.2) is 19.8 Å². The molecular weight excluding hydrogens is 558 g/mol. The van der Waals surface area contributed by atoms with Crippen LogP contribution in [0.15, 0.2) is 47.7 Å². The molecular formula is C29H39N7O7. The van der Waals surface area contributed by atoms with Crippen LogP contribution >= 0.6 is 0 Å². The van der Waals surface area contributed by atoms with Gasteiger partial charge in [0.25, 0.3) is 5.91 Å².